The summed E-state index contributed by atoms with van der Waals surface area (Å²) in [6.07, 6.45) is 0. The molecule has 2 heterocycles. The second-order valence-electron chi connectivity index (χ2n) is 7.11. The normalized spacial score (nSPS) is 15.2. The molecule has 0 aliphatic carbocycles. The van der Waals surface area contributed by atoms with Gasteiger partial charge in [0.05, 0.1) is 24.1 Å². The van der Waals surface area contributed by atoms with Gasteiger partial charge in [-0.05, 0) is 36.4 Å². The Morgan fingerprint density at radius 3 is 2.42 bits per heavy atom. The fourth-order valence-corrected chi connectivity index (χ4v) is 4.96. The number of methoxy groups -OCH3 is 1. The molecule has 0 saturated carbocycles. The van der Waals surface area contributed by atoms with E-state index in [0.29, 0.717) is 50.2 Å². The average Bonchev–Trinajstić information content (AvgIpc) is 2.82. The summed E-state index contributed by atoms with van der Waals surface area (Å²) in [5.74, 6) is 1.81. The van der Waals surface area contributed by atoms with Gasteiger partial charge in [0.2, 0.25) is 16.0 Å². The van der Waals surface area contributed by atoms with Crippen LogP contribution in [-0.2, 0) is 10.0 Å². The van der Waals surface area contributed by atoms with Crippen LogP contribution in [0.3, 0.4) is 0 Å². The van der Waals surface area contributed by atoms with Gasteiger partial charge >= 0.3 is 0 Å². The first-order valence-electron chi connectivity index (χ1n) is 10.0. The molecule has 9 nitrogen and oxygen atoms in total. The molecule has 0 atom stereocenters. The van der Waals surface area contributed by atoms with Gasteiger partial charge in [-0.1, -0.05) is 12.1 Å². The molecule has 0 bridgehead atoms. The lowest BCUT2D eigenvalue weighted by Crippen LogP contribution is -2.49. The minimum Gasteiger partial charge on any atom is -0.497 e. The minimum atomic E-state index is -3.58. The van der Waals surface area contributed by atoms with Crippen LogP contribution in [0.2, 0.25) is 0 Å². The maximum absolute atomic E-state index is 13.0. The number of para-hydroxylation sites is 1. The van der Waals surface area contributed by atoms with E-state index in [4.69, 9.17) is 9.84 Å². The zero-order valence-corrected chi connectivity index (χ0v) is 18.0. The molecule has 1 saturated heterocycles. The highest BCUT2D eigenvalue weighted by atomic mass is 32.2. The minimum absolute atomic E-state index is 0.00441. The molecule has 3 aromatic rings. The Morgan fingerprint density at radius 2 is 1.74 bits per heavy atom. The summed E-state index contributed by atoms with van der Waals surface area (Å²) in [6.45, 7) is 2.01. The molecule has 1 aliphatic rings. The highest BCUT2D eigenvalue weighted by molar-refractivity contribution is 7.89. The number of piperazine rings is 1. The second-order valence-corrected chi connectivity index (χ2v) is 9.04. The van der Waals surface area contributed by atoms with Gasteiger partial charge in [0.25, 0.3) is 0 Å². The number of benzene rings is 2. The number of nitrogens with one attached hydrogen (secondary N) is 1. The Balaban J connectivity index is 1.52. The van der Waals surface area contributed by atoms with Crippen molar-refractivity contribution in [2.24, 2.45) is 0 Å². The van der Waals surface area contributed by atoms with E-state index in [2.05, 4.69) is 15.3 Å². The van der Waals surface area contributed by atoms with Crippen LogP contribution in [0, 0.1) is 0 Å². The van der Waals surface area contributed by atoms with Crippen LogP contribution < -0.4 is 15.0 Å². The van der Waals surface area contributed by atoms with E-state index in [1.165, 1.54) is 4.31 Å². The number of hydrogen-bond donors (Lipinski definition) is 2. The Morgan fingerprint density at radius 1 is 1.03 bits per heavy atom. The SMILES string of the molecule is COc1ccc(S(=O)(=O)N2CCN(c3nc(NCCO)c4ccccc4n3)CC2)cc1. The molecule has 0 amide bonds. The molecule has 1 fully saturated rings. The van der Waals surface area contributed by atoms with E-state index in [1.807, 2.05) is 29.2 Å². The smallest absolute Gasteiger partial charge is 0.243 e. The molecule has 2 N–H and O–H groups in total. The lowest BCUT2D eigenvalue weighted by molar-refractivity contribution is 0.311. The van der Waals surface area contributed by atoms with Crippen molar-refractivity contribution >= 4 is 32.7 Å². The summed E-state index contributed by atoms with van der Waals surface area (Å²) >= 11 is 0. The van der Waals surface area contributed by atoms with E-state index in [9.17, 15) is 8.42 Å². The Labute approximate surface area is 181 Å². The lowest BCUT2D eigenvalue weighted by atomic mass is 10.2. The lowest BCUT2D eigenvalue weighted by Gasteiger charge is -2.34. The maximum atomic E-state index is 13.0. The second kappa shape index (κ2) is 9.04. The third kappa shape index (κ3) is 4.41. The molecular formula is C21H25N5O4S. The van der Waals surface area contributed by atoms with Gasteiger partial charge in [-0.15, -0.1) is 0 Å². The van der Waals surface area contributed by atoms with Gasteiger partial charge in [-0.3, -0.25) is 0 Å². The van der Waals surface area contributed by atoms with Crippen LogP contribution in [-0.4, -0.2) is 74.2 Å². The number of anilines is 2. The summed E-state index contributed by atoms with van der Waals surface area (Å²) < 4.78 is 32.5. The van der Waals surface area contributed by atoms with Crippen LogP contribution in [0.1, 0.15) is 0 Å². The Bertz CT molecular complexity index is 1150. The molecule has 1 aliphatic heterocycles. The van der Waals surface area contributed by atoms with Gasteiger partial charge in [0, 0.05) is 38.1 Å². The number of fused-ring (bicyclic) bond motifs is 1. The number of aromatic nitrogens is 2. The van der Waals surface area contributed by atoms with Crippen molar-refractivity contribution in [1.29, 1.82) is 0 Å². The Kier molecular flexibility index (Phi) is 6.21. The summed E-state index contributed by atoms with van der Waals surface area (Å²) in [7, 11) is -2.03. The first kappa shape index (κ1) is 21.3. The van der Waals surface area contributed by atoms with E-state index >= 15 is 0 Å². The van der Waals surface area contributed by atoms with Gasteiger partial charge in [-0.2, -0.15) is 9.29 Å². The number of nitrogens with zero attached hydrogens (tertiary/aromatic N) is 4. The molecule has 164 valence electrons. The molecule has 0 radical (unpaired) electrons. The highest BCUT2D eigenvalue weighted by Gasteiger charge is 2.29. The highest BCUT2D eigenvalue weighted by Crippen LogP contribution is 2.25. The van der Waals surface area contributed by atoms with Crippen LogP contribution in [0.5, 0.6) is 5.75 Å². The standard InChI is InChI=1S/C21H25N5O4S/c1-30-16-6-8-17(9-7-16)31(28,29)26-13-11-25(12-14-26)21-23-19-5-3-2-4-18(19)20(24-21)22-10-15-27/h2-9,27H,10-15H2,1H3,(H,22,23,24). The monoisotopic (exact) mass is 443 g/mol. The van der Waals surface area contributed by atoms with Gasteiger partial charge in [0.1, 0.15) is 11.6 Å². The predicted molar refractivity (Wildman–Crippen MR) is 119 cm³/mol. The number of aliphatic hydroxyl groups is 1. The van der Waals surface area contributed by atoms with Crippen LogP contribution >= 0.6 is 0 Å². The predicted octanol–water partition coefficient (Wildman–Crippen LogP) is 1.55. The van der Waals surface area contributed by atoms with Crippen molar-refractivity contribution in [2.45, 2.75) is 4.90 Å². The summed E-state index contributed by atoms with van der Waals surface area (Å²) in [5.41, 5.74) is 0.793. The van der Waals surface area contributed by atoms with Gasteiger partial charge in [0.15, 0.2) is 0 Å². The van der Waals surface area contributed by atoms with Gasteiger partial charge in [-0.25, -0.2) is 13.4 Å². The molecule has 0 unspecified atom stereocenters. The van der Waals surface area contributed by atoms with Crippen LogP contribution in [0.25, 0.3) is 10.9 Å². The number of rotatable bonds is 7. The topological polar surface area (TPSA) is 108 Å². The fraction of sp³-hybridized carbons (Fsp3) is 0.333. The Hall–Kier alpha value is -2.95. The molecule has 4 rings (SSSR count). The molecule has 10 heteroatoms. The number of ether oxygens (including phenoxy) is 1. The van der Waals surface area contributed by atoms with E-state index < -0.39 is 10.0 Å². The fourth-order valence-electron chi connectivity index (χ4n) is 3.54. The summed E-state index contributed by atoms with van der Waals surface area (Å²) in [6, 6.07) is 14.1. The average molecular weight is 444 g/mol. The molecule has 2 aromatic carbocycles. The molecule has 0 spiro atoms. The van der Waals surface area contributed by atoms with Crippen LogP contribution in [0.4, 0.5) is 11.8 Å². The maximum Gasteiger partial charge on any atom is 0.243 e. The van der Waals surface area contributed by atoms with Crippen molar-refractivity contribution in [2.75, 3.05) is 56.7 Å². The molecule has 31 heavy (non-hydrogen) atoms. The summed E-state index contributed by atoms with van der Waals surface area (Å²) in [4.78, 5) is 11.5. The number of hydrogen-bond acceptors (Lipinski definition) is 8. The van der Waals surface area contributed by atoms with E-state index in [-0.39, 0.29) is 11.5 Å². The zero-order chi connectivity index (χ0) is 21.8. The first-order chi connectivity index (χ1) is 15.0. The van der Waals surface area contributed by atoms with Crippen LogP contribution in [0.15, 0.2) is 53.4 Å². The number of sulfonamides is 1. The van der Waals surface area contributed by atoms with E-state index in [1.54, 1.807) is 31.4 Å². The van der Waals surface area contributed by atoms with Gasteiger partial charge < -0.3 is 20.1 Å². The quantitative estimate of drug-likeness (QED) is 0.566. The number of aliphatic hydroxyl groups excluding tert-OH is 1. The van der Waals surface area contributed by atoms with Crippen molar-refractivity contribution in [1.82, 2.24) is 14.3 Å². The van der Waals surface area contributed by atoms with Crippen molar-refractivity contribution in [3.05, 3.63) is 48.5 Å². The third-order valence-electron chi connectivity index (χ3n) is 5.21. The largest absolute Gasteiger partial charge is 0.497 e. The van der Waals surface area contributed by atoms with Crippen molar-refractivity contribution in [3.8, 4) is 5.75 Å². The summed E-state index contributed by atoms with van der Waals surface area (Å²) in [5, 5.41) is 13.2. The third-order valence-corrected chi connectivity index (χ3v) is 7.13. The van der Waals surface area contributed by atoms with Crippen molar-refractivity contribution < 1.29 is 18.3 Å². The van der Waals surface area contributed by atoms with Crippen molar-refractivity contribution in [3.63, 3.8) is 0 Å². The molecular weight excluding hydrogens is 418 g/mol. The molecule has 1 aromatic heterocycles. The first-order valence-corrected chi connectivity index (χ1v) is 11.5. The zero-order valence-electron chi connectivity index (χ0n) is 17.2. The van der Waals surface area contributed by atoms with E-state index in [0.717, 1.165) is 10.9 Å².